The molecular weight excluding hydrogens is 731 g/mol. The molecule has 0 fully saturated rings. The van der Waals surface area contributed by atoms with E-state index in [9.17, 15) is 14.7 Å². The molecule has 0 saturated carbocycles. The van der Waals surface area contributed by atoms with Gasteiger partial charge >= 0.3 is 11.9 Å². The molecule has 0 spiro atoms. The normalized spacial score (nSPS) is 11.0. The smallest absolute Gasteiger partial charge is 0.338 e. The van der Waals surface area contributed by atoms with E-state index >= 15 is 0 Å². The molecule has 0 aliphatic heterocycles. The zero-order valence-corrected chi connectivity index (χ0v) is 31.4. The monoisotopic (exact) mass is 766 g/mol. The minimum Gasteiger partial charge on any atom is -0.478 e. The van der Waals surface area contributed by atoms with E-state index in [-0.39, 0.29) is 11.5 Å². The average molecular weight is 768 g/mol. The van der Waals surface area contributed by atoms with Gasteiger partial charge in [-0.25, -0.2) is 19.6 Å². The number of carbonyl (C=O) groups is 2. The standard InChI is InChI=1S/C23H19ClN2O2.C22H17ClN2O2/c1-28-23(27)21-14-19(24)8-7-17(21)13-18-9-11-25-22-20(18)10-12-26(22)15-16-5-3-2-4-6-16;23-18-7-6-16(20(13-18)22(26)27)12-17-8-10-24-21-19(17)9-11-25(21)14-15-4-2-1-3-5-15/h2-12,14H,13,15H2,1H3;1-11,13H,12,14H2,(H,26,27). The molecule has 0 bridgehead atoms. The fraction of sp³-hybridized carbons (Fsp3) is 0.111. The lowest BCUT2D eigenvalue weighted by Gasteiger charge is -2.10. The number of aromatic carboxylic acids is 1. The van der Waals surface area contributed by atoms with Gasteiger partial charge in [-0.3, -0.25) is 0 Å². The molecule has 8 rings (SSSR count). The quantitative estimate of drug-likeness (QED) is 0.139. The molecule has 4 aromatic heterocycles. The fourth-order valence-corrected chi connectivity index (χ4v) is 7.08. The van der Waals surface area contributed by atoms with Crippen LogP contribution in [0.2, 0.25) is 10.0 Å². The van der Waals surface area contributed by atoms with Crippen molar-refractivity contribution < 1.29 is 19.4 Å². The number of rotatable bonds is 10. The van der Waals surface area contributed by atoms with Gasteiger partial charge in [0.15, 0.2) is 0 Å². The number of halogens is 2. The Hall–Kier alpha value is -6.22. The van der Waals surface area contributed by atoms with Gasteiger partial charge in [0.25, 0.3) is 0 Å². The Labute approximate surface area is 328 Å². The summed E-state index contributed by atoms with van der Waals surface area (Å²) in [5.74, 6) is -1.36. The molecule has 1 N–H and O–H groups in total. The van der Waals surface area contributed by atoms with Crippen LogP contribution in [0.4, 0.5) is 0 Å². The lowest BCUT2D eigenvalue weighted by molar-refractivity contribution is 0.0598. The summed E-state index contributed by atoms with van der Waals surface area (Å²) >= 11 is 12.0. The van der Waals surface area contributed by atoms with E-state index in [1.165, 1.54) is 24.3 Å². The van der Waals surface area contributed by atoms with Crippen LogP contribution in [-0.4, -0.2) is 43.3 Å². The SMILES string of the molecule is COC(=O)c1cc(Cl)ccc1Cc1ccnc2c1ccn2Cc1ccccc1.O=C(O)c1cc(Cl)ccc1Cc1ccnc2c1ccn2Cc1ccccc1. The van der Waals surface area contributed by atoms with Crippen LogP contribution in [0.3, 0.4) is 0 Å². The number of carbonyl (C=O) groups excluding carboxylic acids is 1. The van der Waals surface area contributed by atoms with Gasteiger partial charge in [0.05, 0.1) is 18.2 Å². The molecule has 274 valence electrons. The van der Waals surface area contributed by atoms with Crippen LogP contribution < -0.4 is 0 Å². The van der Waals surface area contributed by atoms with Crippen LogP contribution in [0.15, 0.2) is 146 Å². The van der Waals surface area contributed by atoms with Gasteiger partial charge in [-0.15, -0.1) is 0 Å². The maximum absolute atomic E-state index is 12.2. The van der Waals surface area contributed by atoms with Crippen molar-refractivity contribution in [2.75, 3.05) is 7.11 Å². The van der Waals surface area contributed by atoms with Crippen molar-refractivity contribution in [3.63, 3.8) is 0 Å². The Morgan fingerprint density at radius 3 is 1.51 bits per heavy atom. The van der Waals surface area contributed by atoms with Crippen LogP contribution in [-0.2, 0) is 30.7 Å². The van der Waals surface area contributed by atoms with Gasteiger partial charge in [-0.05, 0) is 94.8 Å². The van der Waals surface area contributed by atoms with E-state index in [2.05, 4.69) is 55.6 Å². The summed E-state index contributed by atoms with van der Waals surface area (Å²) < 4.78 is 9.16. The molecule has 0 radical (unpaired) electrons. The number of hydrogen-bond acceptors (Lipinski definition) is 5. The number of methoxy groups -OCH3 is 1. The van der Waals surface area contributed by atoms with E-state index in [1.54, 1.807) is 30.5 Å². The summed E-state index contributed by atoms with van der Waals surface area (Å²) in [6.45, 7) is 1.50. The maximum Gasteiger partial charge on any atom is 0.338 e. The van der Waals surface area contributed by atoms with Gasteiger partial charge in [0.2, 0.25) is 0 Å². The molecule has 0 aliphatic rings. The minimum absolute atomic E-state index is 0.233. The number of aromatic nitrogens is 4. The lowest BCUT2D eigenvalue weighted by atomic mass is 9.98. The van der Waals surface area contributed by atoms with Crippen LogP contribution in [0.5, 0.6) is 0 Å². The number of hydrogen-bond donors (Lipinski definition) is 1. The number of nitrogens with zero attached hydrogens (tertiary/aromatic N) is 4. The summed E-state index contributed by atoms with van der Waals surface area (Å²) in [6, 6.07) is 38.9. The van der Waals surface area contributed by atoms with Crippen molar-refractivity contribution in [3.8, 4) is 0 Å². The Morgan fingerprint density at radius 2 is 1.05 bits per heavy atom. The Morgan fingerprint density at radius 1 is 0.600 bits per heavy atom. The molecule has 4 heterocycles. The highest BCUT2D eigenvalue weighted by Gasteiger charge is 2.16. The average Bonchev–Trinajstić information content (AvgIpc) is 3.81. The molecule has 0 atom stereocenters. The molecule has 4 aromatic carbocycles. The number of pyridine rings is 2. The maximum atomic E-state index is 12.2. The summed E-state index contributed by atoms with van der Waals surface area (Å²) in [6.07, 6.45) is 8.76. The zero-order chi connectivity index (χ0) is 38.3. The predicted octanol–water partition coefficient (Wildman–Crippen LogP) is 10.1. The molecule has 0 saturated heterocycles. The number of fused-ring (bicyclic) bond motifs is 2. The number of benzene rings is 4. The summed E-state index contributed by atoms with van der Waals surface area (Å²) in [5, 5.41) is 12.5. The summed E-state index contributed by atoms with van der Waals surface area (Å²) in [5.41, 5.74) is 8.71. The van der Waals surface area contributed by atoms with E-state index in [0.717, 1.165) is 57.4 Å². The molecule has 8 nitrogen and oxygen atoms in total. The van der Waals surface area contributed by atoms with Gasteiger partial charge in [0.1, 0.15) is 11.3 Å². The lowest BCUT2D eigenvalue weighted by Crippen LogP contribution is -2.06. The first-order chi connectivity index (χ1) is 26.8. The summed E-state index contributed by atoms with van der Waals surface area (Å²) in [7, 11) is 1.38. The van der Waals surface area contributed by atoms with Crippen molar-refractivity contribution in [2.45, 2.75) is 25.9 Å². The number of ether oxygens (including phenoxy) is 1. The highest BCUT2D eigenvalue weighted by atomic mass is 35.5. The largest absolute Gasteiger partial charge is 0.478 e. The van der Waals surface area contributed by atoms with Gasteiger partial charge < -0.3 is 19.0 Å². The molecule has 0 aliphatic carbocycles. The first-order valence-corrected chi connectivity index (χ1v) is 18.3. The number of esters is 1. The van der Waals surface area contributed by atoms with E-state index < -0.39 is 5.97 Å². The number of carboxylic acid groups (broad SMARTS) is 1. The first kappa shape index (κ1) is 37.1. The van der Waals surface area contributed by atoms with Crippen LogP contribution in [0.25, 0.3) is 22.1 Å². The molecule has 8 aromatic rings. The Bertz CT molecular complexity index is 2620. The summed E-state index contributed by atoms with van der Waals surface area (Å²) in [4.78, 5) is 32.8. The molecule has 0 unspecified atom stereocenters. The molecule has 0 amide bonds. The number of carboxylic acids is 1. The van der Waals surface area contributed by atoms with Crippen molar-refractivity contribution >= 4 is 57.2 Å². The molecule has 55 heavy (non-hydrogen) atoms. The van der Waals surface area contributed by atoms with Crippen LogP contribution in [0.1, 0.15) is 54.1 Å². The minimum atomic E-state index is -0.973. The second-order valence-corrected chi connectivity index (χ2v) is 13.9. The Balaban J connectivity index is 0.000000169. The molecular formula is C45H36Cl2N4O4. The van der Waals surface area contributed by atoms with Gasteiger partial charge in [-0.1, -0.05) is 96.0 Å². The third-order valence-corrected chi connectivity index (χ3v) is 9.91. The van der Waals surface area contributed by atoms with Gasteiger partial charge in [0, 0.05) is 58.7 Å². The van der Waals surface area contributed by atoms with Crippen LogP contribution in [0, 0.1) is 0 Å². The van der Waals surface area contributed by atoms with Crippen molar-refractivity contribution in [1.29, 1.82) is 0 Å². The molecule has 10 heteroatoms. The third-order valence-electron chi connectivity index (χ3n) is 9.44. The van der Waals surface area contributed by atoms with Gasteiger partial charge in [-0.2, -0.15) is 0 Å². The second kappa shape index (κ2) is 16.8. The van der Waals surface area contributed by atoms with E-state index in [0.29, 0.717) is 28.5 Å². The fourth-order valence-electron chi connectivity index (χ4n) is 6.73. The zero-order valence-electron chi connectivity index (χ0n) is 29.9. The Kier molecular flexibility index (Phi) is 11.4. The first-order valence-electron chi connectivity index (χ1n) is 17.6. The highest BCUT2D eigenvalue weighted by molar-refractivity contribution is 6.31. The van der Waals surface area contributed by atoms with Crippen molar-refractivity contribution in [1.82, 2.24) is 19.1 Å². The highest BCUT2D eigenvalue weighted by Crippen LogP contribution is 2.27. The second-order valence-electron chi connectivity index (χ2n) is 13.0. The van der Waals surface area contributed by atoms with Crippen molar-refractivity contribution in [2.24, 2.45) is 0 Å². The van der Waals surface area contributed by atoms with E-state index in [4.69, 9.17) is 27.9 Å². The topological polar surface area (TPSA) is 99.2 Å². The third kappa shape index (κ3) is 8.62. The predicted molar refractivity (Wildman–Crippen MR) is 217 cm³/mol. The van der Waals surface area contributed by atoms with Crippen LogP contribution >= 0.6 is 23.2 Å². The van der Waals surface area contributed by atoms with Crippen molar-refractivity contribution in [3.05, 3.63) is 201 Å². The van der Waals surface area contributed by atoms with E-state index in [1.807, 2.05) is 73.1 Å².